The third kappa shape index (κ3) is 7.20. The normalized spacial score (nSPS) is 14.5. The Morgan fingerprint density at radius 3 is 2.77 bits per heavy atom. The Balaban J connectivity index is 2.22. The third-order valence-electron chi connectivity index (χ3n) is 3.58. The summed E-state index contributed by atoms with van der Waals surface area (Å²) in [5.41, 5.74) is 2.09. The first kappa shape index (κ1) is 18.9. The van der Waals surface area contributed by atoms with Gasteiger partial charge in [0.05, 0.1) is 6.61 Å². The maximum Gasteiger partial charge on any atom is 0.249 e. The van der Waals surface area contributed by atoms with E-state index in [4.69, 9.17) is 4.74 Å². The Morgan fingerprint density at radius 2 is 2.05 bits per heavy atom. The van der Waals surface area contributed by atoms with Crippen molar-refractivity contribution < 1.29 is 9.53 Å². The lowest BCUT2D eigenvalue weighted by molar-refractivity contribution is -0.124. The summed E-state index contributed by atoms with van der Waals surface area (Å²) in [5.74, 6) is 0.138. The molecule has 5 nitrogen and oxygen atoms in total. The van der Waals surface area contributed by atoms with Crippen LogP contribution in [0.5, 0.6) is 0 Å². The molecular formula is C17H31N3O2. The van der Waals surface area contributed by atoms with E-state index < -0.39 is 0 Å². The largest absolute Gasteiger partial charge is 0.380 e. The molecule has 0 aliphatic heterocycles. The van der Waals surface area contributed by atoms with Gasteiger partial charge in [-0.15, -0.1) is 0 Å². The fraction of sp³-hybridized carbons (Fsp3) is 0.706. The van der Waals surface area contributed by atoms with Gasteiger partial charge in [0, 0.05) is 39.4 Å². The molecule has 1 aliphatic rings. The number of carbonyl (C=O) groups is 1. The molecule has 0 aromatic rings. The van der Waals surface area contributed by atoms with Crippen molar-refractivity contribution in [1.29, 1.82) is 0 Å². The van der Waals surface area contributed by atoms with Gasteiger partial charge >= 0.3 is 0 Å². The Hall–Kier alpha value is -1.17. The molecule has 0 aromatic carbocycles. The zero-order valence-corrected chi connectivity index (χ0v) is 14.3. The Bertz CT molecular complexity index is 389. The van der Waals surface area contributed by atoms with Crippen LogP contribution in [0.2, 0.25) is 0 Å². The second-order valence-electron chi connectivity index (χ2n) is 5.62. The minimum Gasteiger partial charge on any atom is -0.380 e. The van der Waals surface area contributed by atoms with E-state index in [1.54, 1.807) is 4.90 Å². The number of rotatable bonds is 11. The van der Waals surface area contributed by atoms with Crippen molar-refractivity contribution in [2.75, 3.05) is 53.5 Å². The maximum atomic E-state index is 12.2. The molecule has 1 rings (SSSR count). The van der Waals surface area contributed by atoms with E-state index in [1.807, 2.05) is 21.0 Å². The molecule has 0 heterocycles. The fourth-order valence-corrected chi connectivity index (χ4v) is 2.37. The summed E-state index contributed by atoms with van der Waals surface area (Å²) >= 11 is 0. The van der Waals surface area contributed by atoms with Gasteiger partial charge in [-0.3, -0.25) is 4.79 Å². The zero-order valence-electron chi connectivity index (χ0n) is 14.3. The highest BCUT2D eigenvalue weighted by molar-refractivity contribution is 5.94. The van der Waals surface area contributed by atoms with Gasteiger partial charge in [-0.25, -0.2) is 0 Å². The van der Waals surface area contributed by atoms with E-state index in [0.717, 1.165) is 69.8 Å². The van der Waals surface area contributed by atoms with Crippen molar-refractivity contribution in [3.63, 3.8) is 0 Å². The molecule has 0 radical (unpaired) electrons. The van der Waals surface area contributed by atoms with Gasteiger partial charge in [-0.2, -0.15) is 0 Å². The molecule has 126 valence electrons. The highest BCUT2D eigenvalue weighted by Crippen LogP contribution is 2.20. The first-order chi connectivity index (χ1) is 10.7. The molecule has 0 aromatic heterocycles. The van der Waals surface area contributed by atoms with E-state index in [1.165, 1.54) is 0 Å². The Kier molecular flexibility index (Phi) is 9.79. The van der Waals surface area contributed by atoms with Crippen LogP contribution in [0, 0.1) is 0 Å². The van der Waals surface area contributed by atoms with Gasteiger partial charge < -0.3 is 20.3 Å². The number of nitrogens with zero attached hydrogens (tertiary/aromatic N) is 1. The van der Waals surface area contributed by atoms with Crippen molar-refractivity contribution in [3.8, 4) is 0 Å². The molecule has 2 N–H and O–H groups in total. The van der Waals surface area contributed by atoms with Gasteiger partial charge in [-0.05, 0) is 44.8 Å². The van der Waals surface area contributed by atoms with Crippen LogP contribution >= 0.6 is 0 Å². The summed E-state index contributed by atoms with van der Waals surface area (Å²) in [4.78, 5) is 13.8. The minimum absolute atomic E-state index is 0.138. The fourth-order valence-electron chi connectivity index (χ4n) is 2.37. The predicted molar refractivity (Wildman–Crippen MR) is 90.9 cm³/mol. The van der Waals surface area contributed by atoms with Crippen molar-refractivity contribution in [1.82, 2.24) is 15.5 Å². The van der Waals surface area contributed by atoms with Crippen LogP contribution in [0.25, 0.3) is 0 Å². The van der Waals surface area contributed by atoms with Crippen LogP contribution in [-0.4, -0.2) is 64.3 Å². The quantitative estimate of drug-likeness (QED) is 0.565. The van der Waals surface area contributed by atoms with Crippen LogP contribution < -0.4 is 10.6 Å². The van der Waals surface area contributed by atoms with Crippen LogP contribution in [-0.2, 0) is 9.53 Å². The first-order valence-corrected chi connectivity index (χ1v) is 8.26. The van der Waals surface area contributed by atoms with Crippen LogP contribution in [0.1, 0.15) is 26.2 Å². The molecule has 0 spiro atoms. The second-order valence-corrected chi connectivity index (χ2v) is 5.62. The van der Waals surface area contributed by atoms with Crippen LogP contribution in [0.3, 0.4) is 0 Å². The van der Waals surface area contributed by atoms with Crippen molar-refractivity contribution in [3.05, 3.63) is 23.3 Å². The molecular weight excluding hydrogens is 278 g/mol. The summed E-state index contributed by atoms with van der Waals surface area (Å²) < 4.78 is 5.27. The third-order valence-corrected chi connectivity index (χ3v) is 3.58. The average molecular weight is 309 g/mol. The lowest BCUT2D eigenvalue weighted by atomic mass is 9.96. The molecule has 0 fully saturated rings. The van der Waals surface area contributed by atoms with E-state index in [-0.39, 0.29) is 5.91 Å². The van der Waals surface area contributed by atoms with Gasteiger partial charge in [0.25, 0.3) is 0 Å². The lowest BCUT2D eigenvalue weighted by Gasteiger charge is -2.19. The molecule has 0 bridgehead atoms. The number of likely N-dealkylation sites (N-methyl/N-ethyl adjacent to an activating group) is 1. The maximum absolute atomic E-state index is 12.2. The summed E-state index contributed by atoms with van der Waals surface area (Å²) in [5, 5.41) is 6.78. The molecule has 0 atom stereocenters. The smallest absolute Gasteiger partial charge is 0.249 e. The molecule has 5 heteroatoms. The number of hydrogen-bond donors (Lipinski definition) is 2. The predicted octanol–water partition coefficient (Wildman–Crippen LogP) is 1.33. The van der Waals surface area contributed by atoms with Crippen molar-refractivity contribution >= 4 is 5.91 Å². The molecule has 0 saturated carbocycles. The first-order valence-electron chi connectivity index (χ1n) is 8.26. The number of amides is 1. The van der Waals surface area contributed by atoms with E-state index in [9.17, 15) is 4.79 Å². The number of nitrogens with one attached hydrogen (secondary N) is 2. The topological polar surface area (TPSA) is 53.6 Å². The van der Waals surface area contributed by atoms with Gasteiger partial charge in [-0.1, -0.05) is 12.2 Å². The Labute approximate surface area is 134 Å². The average Bonchev–Trinajstić information content (AvgIpc) is 2.53. The SMILES string of the molecule is CCOCCNCCCNCC1=C(C(=O)N(C)C)CCC=C1. The summed E-state index contributed by atoms with van der Waals surface area (Å²) in [6.45, 7) is 7.17. The summed E-state index contributed by atoms with van der Waals surface area (Å²) in [7, 11) is 3.62. The van der Waals surface area contributed by atoms with Crippen LogP contribution in [0.15, 0.2) is 23.3 Å². The number of allylic oxidation sites excluding steroid dienone is 1. The molecule has 0 unspecified atom stereocenters. The monoisotopic (exact) mass is 309 g/mol. The van der Waals surface area contributed by atoms with Gasteiger partial charge in [0.15, 0.2) is 0 Å². The highest BCUT2D eigenvalue weighted by atomic mass is 16.5. The number of ether oxygens (including phenoxy) is 1. The van der Waals surface area contributed by atoms with E-state index in [2.05, 4.69) is 22.8 Å². The molecule has 0 saturated heterocycles. The number of hydrogen-bond acceptors (Lipinski definition) is 4. The summed E-state index contributed by atoms with van der Waals surface area (Å²) in [6, 6.07) is 0. The molecule has 22 heavy (non-hydrogen) atoms. The van der Waals surface area contributed by atoms with Crippen LogP contribution in [0.4, 0.5) is 0 Å². The second kappa shape index (κ2) is 11.4. The van der Waals surface area contributed by atoms with Gasteiger partial charge in [0.2, 0.25) is 5.91 Å². The summed E-state index contributed by atoms with van der Waals surface area (Å²) in [6.07, 6.45) is 7.12. The molecule has 1 aliphatic carbocycles. The Morgan fingerprint density at radius 1 is 1.27 bits per heavy atom. The van der Waals surface area contributed by atoms with Gasteiger partial charge in [0.1, 0.15) is 0 Å². The number of carbonyl (C=O) groups excluding carboxylic acids is 1. The lowest BCUT2D eigenvalue weighted by Crippen LogP contribution is -2.29. The van der Waals surface area contributed by atoms with E-state index in [0.29, 0.717) is 0 Å². The highest BCUT2D eigenvalue weighted by Gasteiger charge is 2.17. The van der Waals surface area contributed by atoms with E-state index >= 15 is 0 Å². The van der Waals surface area contributed by atoms with Crippen molar-refractivity contribution in [2.24, 2.45) is 0 Å². The van der Waals surface area contributed by atoms with Crippen molar-refractivity contribution in [2.45, 2.75) is 26.2 Å². The zero-order chi connectivity index (χ0) is 16.2. The standard InChI is InChI=1S/C17H31N3O2/c1-4-22-13-12-18-10-7-11-19-14-15-8-5-6-9-16(15)17(21)20(2)3/h5,8,18-19H,4,6-7,9-14H2,1-3H3. The minimum atomic E-state index is 0.138. The molecule has 1 amide bonds.